The van der Waals surface area contributed by atoms with E-state index in [1.807, 2.05) is 12.3 Å². The number of nitrogens with two attached hydrogens (primary N) is 1. The molecule has 4 N–H and O–H groups in total. The monoisotopic (exact) mass is 303 g/mol. The molecule has 21 heavy (non-hydrogen) atoms. The van der Waals surface area contributed by atoms with Gasteiger partial charge in [0.05, 0.1) is 6.42 Å². The van der Waals surface area contributed by atoms with Crippen LogP contribution in [-0.4, -0.2) is 17.0 Å². The fourth-order valence-corrected chi connectivity index (χ4v) is 2.72. The summed E-state index contributed by atoms with van der Waals surface area (Å²) in [7, 11) is 0. The van der Waals surface area contributed by atoms with E-state index < -0.39 is 0 Å². The van der Waals surface area contributed by atoms with E-state index in [1.165, 1.54) is 5.56 Å². The molecule has 0 aliphatic heterocycles. The lowest BCUT2D eigenvalue weighted by Gasteiger charge is -2.06. The van der Waals surface area contributed by atoms with Crippen molar-refractivity contribution in [3.05, 3.63) is 57.3 Å². The van der Waals surface area contributed by atoms with Gasteiger partial charge in [0, 0.05) is 12.1 Å². The number of carbonyl (C=O) groups is 1. The van der Waals surface area contributed by atoms with E-state index in [0.717, 1.165) is 11.1 Å². The number of rotatable bonds is 5. The molecule has 0 saturated heterocycles. The Hall–Kier alpha value is -2.34. The third-order valence-corrected chi connectivity index (χ3v) is 4.07. The first kappa shape index (κ1) is 15.1. The molecule has 1 heterocycles. The van der Waals surface area contributed by atoms with Crippen LogP contribution < -0.4 is 11.1 Å². The van der Waals surface area contributed by atoms with Crippen LogP contribution in [0.5, 0.6) is 0 Å². The molecule has 0 spiro atoms. The molecular formula is C15H17N3O2S. The molecule has 110 valence electrons. The topological polar surface area (TPSA) is 87.7 Å². The summed E-state index contributed by atoms with van der Waals surface area (Å²) in [5, 5.41) is 18.5. The molecule has 0 aliphatic rings. The maximum absolute atomic E-state index is 11.9. The Labute approximate surface area is 127 Å². The Bertz CT molecular complexity index is 647. The Kier molecular flexibility index (Phi) is 4.94. The maximum Gasteiger partial charge on any atom is 0.224 e. The second-order valence-corrected chi connectivity index (χ2v) is 5.46. The highest BCUT2D eigenvalue weighted by Gasteiger charge is 2.06. The molecule has 0 atom stereocenters. The summed E-state index contributed by atoms with van der Waals surface area (Å²) in [6.45, 7) is 2.58. The van der Waals surface area contributed by atoms with Gasteiger partial charge in [0.2, 0.25) is 5.91 Å². The smallest absolute Gasteiger partial charge is 0.224 e. The lowest BCUT2D eigenvalue weighted by Crippen LogP contribution is -2.24. The van der Waals surface area contributed by atoms with E-state index in [0.29, 0.717) is 18.5 Å². The van der Waals surface area contributed by atoms with Crippen molar-refractivity contribution in [3.63, 3.8) is 0 Å². The molecule has 6 heteroatoms. The third kappa shape index (κ3) is 4.06. The number of amides is 1. The summed E-state index contributed by atoms with van der Waals surface area (Å²) >= 11 is 1.63. The van der Waals surface area contributed by atoms with Crippen molar-refractivity contribution in [2.75, 3.05) is 0 Å². The number of benzene rings is 1. The zero-order valence-electron chi connectivity index (χ0n) is 11.7. The number of amidine groups is 1. The number of hydrogen-bond donors (Lipinski definition) is 3. The summed E-state index contributed by atoms with van der Waals surface area (Å²) in [4.78, 5) is 11.9. The van der Waals surface area contributed by atoms with E-state index in [9.17, 15) is 4.79 Å². The second-order valence-electron chi connectivity index (χ2n) is 4.72. The standard InChI is InChI=1S/C15H17N3O2S/c1-10-8-21-9-13(10)7-17-14(19)6-11-2-4-12(5-3-11)15(16)18-20/h2-5,8-9,20H,6-7H2,1H3,(H2,16,18)(H,17,19). The van der Waals surface area contributed by atoms with Crippen LogP contribution in [0.4, 0.5) is 0 Å². The molecular weight excluding hydrogens is 286 g/mol. The molecule has 5 nitrogen and oxygen atoms in total. The summed E-state index contributed by atoms with van der Waals surface area (Å²) in [5.41, 5.74) is 9.33. The quantitative estimate of drug-likeness (QED) is 0.342. The number of carbonyl (C=O) groups excluding carboxylic acids is 1. The van der Waals surface area contributed by atoms with Gasteiger partial charge in [-0.05, 0) is 34.4 Å². The molecule has 1 amide bonds. The number of nitrogens with one attached hydrogen (secondary N) is 1. The zero-order chi connectivity index (χ0) is 15.2. The number of aryl methyl sites for hydroxylation is 1. The van der Waals surface area contributed by atoms with Crippen molar-refractivity contribution >= 4 is 23.1 Å². The first-order chi connectivity index (χ1) is 10.1. The van der Waals surface area contributed by atoms with Crippen LogP contribution in [0.25, 0.3) is 0 Å². The third-order valence-electron chi connectivity index (χ3n) is 3.16. The number of oxime groups is 1. The highest BCUT2D eigenvalue weighted by atomic mass is 32.1. The van der Waals surface area contributed by atoms with Gasteiger partial charge in [0.15, 0.2) is 5.84 Å². The van der Waals surface area contributed by atoms with Crippen molar-refractivity contribution in [2.45, 2.75) is 19.9 Å². The Morgan fingerprint density at radius 3 is 2.62 bits per heavy atom. The predicted octanol–water partition coefficient (Wildman–Crippen LogP) is 2.01. The molecule has 0 fully saturated rings. The van der Waals surface area contributed by atoms with Crippen molar-refractivity contribution in [1.82, 2.24) is 5.32 Å². The van der Waals surface area contributed by atoms with E-state index in [2.05, 4.69) is 15.9 Å². The van der Waals surface area contributed by atoms with Crippen LogP contribution in [0.2, 0.25) is 0 Å². The van der Waals surface area contributed by atoms with Gasteiger partial charge in [-0.3, -0.25) is 4.79 Å². The average Bonchev–Trinajstić information content (AvgIpc) is 2.90. The van der Waals surface area contributed by atoms with Gasteiger partial charge in [-0.25, -0.2) is 0 Å². The van der Waals surface area contributed by atoms with Crippen LogP contribution in [0, 0.1) is 6.92 Å². The minimum Gasteiger partial charge on any atom is -0.409 e. The van der Waals surface area contributed by atoms with Crippen LogP contribution in [0.3, 0.4) is 0 Å². The SMILES string of the molecule is Cc1cscc1CNC(=O)Cc1ccc(/C(N)=N/O)cc1. The van der Waals surface area contributed by atoms with Gasteiger partial charge in [0.25, 0.3) is 0 Å². The van der Waals surface area contributed by atoms with Crippen LogP contribution in [0.1, 0.15) is 22.3 Å². The van der Waals surface area contributed by atoms with E-state index in [1.54, 1.807) is 35.6 Å². The Morgan fingerprint density at radius 1 is 1.33 bits per heavy atom. The lowest BCUT2D eigenvalue weighted by atomic mass is 10.1. The van der Waals surface area contributed by atoms with E-state index >= 15 is 0 Å². The molecule has 0 unspecified atom stereocenters. The Morgan fingerprint density at radius 2 is 2.05 bits per heavy atom. The molecule has 0 radical (unpaired) electrons. The van der Waals surface area contributed by atoms with Crippen LogP contribution in [0.15, 0.2) is 40.2 Å². The minimum absolute atomic E-state index is 0.0304. The van der Waals surface area contributed by atoms with Crippen molar-refractivity contribution < 1.29 is 10.0 Å². The molecule has 2 rings (SSSR count). The van der Waals surface area contributed by atoms with Gasteiger partial charge < -0.3 is 16.3 Å². The molecule has 1 aromatic carbocycles. The van der Waals surface area contributed by atoms with Crippen molar-refractivity contribution in [1.29, 1.82) is 0 Å². The highest BCUT2D eigenvalue weighted by molar-refractivity contribution is 7.08. The summed E-state index contributed by atoms with van der Waals surface area (Å²) in [6, 6.07) is 7.03. The van der Waals surface area contributed by atoms with E-state index in [-0.39, 0.29) is 11.7 Å². The minimum atomic E-state index is -0.0304. The molecule has 1 aromatic heterocycles. The van der Waals surface area contributed by atoms with E-state index in [4.69, 9.17) is 10.9 Å². The first-order valence-electron chi connectivity index (χ1n) is 6.45. The largest absolute Gasteiger partial charge is 0.409 e. The summed E-state index contributed by atoms with van der Waals surface area (Å²) < 4.78 is 0. The van der Waals surface area contributed by atoms with Crippen LogP contribution in [-0.2, 0) is 17.8 Å². The average molecular weight is 303 g/mol. The van der Waals surface area contributed by atoms with Gasteiger partial charge >= 0.3 is 0 Å². The number of nitrogens with zero attached hydrogens (tertiary/aromatic N) is 1. The zero-order valence-corrected chi connectivity index (χ0v) is 12.5. The van der Waals surface area contributed by atoms with Gasteiger partial charge in [-0.1, -0.05) is 29.4 Å². The van der Waals surface area contributed by atoms with Gasteiger partial charge in [-0.15, -0.1) is 0 Å². The Balaban J connectivity index is 1.89. The fraction of sp³-hybridized carbons (Fsp3) is 0.200. The normalized spacial score (nSPS) is 11.4. The van der Waals surface area contributed by atoms with Gasteiger partial charge in [-0.2, -0.15) is 11.3 Å². The van der Waals surface area contributed by atoms with Gasteiger partial charge in [0.1, 0.15) is 0 Å². The van der Waals surface area contributed by atoms with Crippen LogP contribution >= 0.6 is 11.3 Å². The molecule has 2 aromatic rings. The molecule has 0 bridgehead atoms. The fourth-order valence-electron chi connectivity index (χ4n) is 1.86. The van der Waals surface area contributed by atoms with Crippen molar-refractivity contribution in [3.8, 4) is 0 Å². The maximum atomic E-state index is 11.9. The lowest BCUT2D eigenvalue weighted by molar-refractivity contribution is -0.120. The second kappa shape index (κ2) is 6.90. The van der Waals surface area contributed by atoms with Crippen molar-refractivity contribution in [2.24, 2.45) is 10.9 Å². The molecule has 0 saturated carbocycles. The highest BCUT2D eigenvalue weighted by Crippen LogP contribution is 2.13. The summed E-state index contributed by atoms with van der Waals surface area (Å²) in [6.07, 6.45) is 0.305. The molecule has 0 aliphatic carbocycles. The summed E-state index contributed by atoms with van der Waals surface area (Å²) in [5.74, 6) is 0.0241. The predicted molar refractivity (Wildman–Crippen MR) is 83.6 cm³/mol. The number of hydrogen-bond acceptors (Lipinski definition) is 4. The first-order valence-corrected chi connectivity index (χ1v) is 7.39. The number of thiophene rings is 1.